The number of anilines is 1. The maximum atomic E-state index is 10.4. The van der Waals surface area contributed by atoms with Crippen molar-refractivity contribution in [2.45, 2.75) is 0 Å². The van der Waals surface area contributed by atoms with Gasteiger partial charge in [-0.25, -0.2) is 4.68 Å². The summed E-state index contributed by atoms with van der Waals surface area (Å²) in [5.74, 6) is 1.17. The summed E-state index contributed by atoms with van der Waals surface area (Å²) in [5.41, 5.74) is 4.77. The van der Waals surface area contributed by atoms with Crippen LogP contribution in [0.5, 0.6) is 0 Å². The van der Waals surface area contributed by atoms with Crippen LogP contribution in [0.3, 0.4) is 0 Å². The van der Waals surface area contributed by atoms with E-state index in [0.29, 0.717) is 43.6 Å². The maximum absolute atomic E-state index is 10.4. The van der Waals surface area contributed by atoms with E-state index in [1.54, 1.807) is 0 Å². The van der Waals surface area contributed by atoms with Gasteiger partial charge in [-0.2, -0.15) is 10.4 Å². The summed E-state index contributed by atoms with van der Waals surface area (Å²) in [5, 5.41) is 24.3. The van der Waals surface area contributed by atoms with Crippen molar-refractivity contribution in [1.29, 1.82) is 5.26 Å². The van der Waals surface area contributed by atoms with Gasteiger partial charge in [-0.05, 0) is 30.3 Å². The first-order chi connectivity index (χ1) is 18.8. The average Bonchev–Trinajstić information content (AvgIpc) is 3.63. The highest BCUT2D eigenvalue weighted by Crippen LogP contribution is 2.30. The van der Waals surface area contributed by atoms with Crippen molar-refractivity contribution < 1.29 is 4.74 Å². The summed E-state index contributed by atoms with van der Waals surface area (Å²) in [6.07, 6.45) is 3.79. The van der Waals surface area contributed by atoms with E-state index >= 15 is 0 Å². The molecule has 8 nitrogen and oxygen atoms in total. The molecule has 5 aromatic rings. The van der Waals surface area contributed by atoms with Crippen LogP contribution in [0.2, 0.25) is 0 Å². The van der Waals surface area contributed by atoms with Gasteiger partial charge in [-0.15, -0.1) is 10.2 Å². The number of nitriles is 1. The Morgan fingerprint density at radius 3 is 2.11 bits per heavy atom. The molecule has 0 N–H and O–H groups in total. The topological polar surface area (TPSA) is 84.8 Å². The lowest BCUT2D eigenvalue weighted by Crippen LogP contribution is -2.38. The molecule has 0 unspecified atom stereocenters. The third-order valence-electron chi connectivity index (χ3n) is 6.43. The van der Waals surface area contributed by atoms with Gasteiger partial charge in [0.2, 0.25) is 5.95 Å². The van der Waals surface area contributed by atoms with E-state index in [1.165, 1.54) is 0 Å². The van der Waals surface area contributed by atoms with Crippen LogP contribution < -0.4 is 4.90 Å². The van der Waals surface area contributed by atoms with Crippen LogP contribution in [0.25, 0.3) is 34.3 Å². The summed E-state index contributed by atoms with van der Waals surface area (Å²) in [6.45, 7) is 2.66. The van der Waals surface area contributed by atoms with Crippen molar-refractivity contribution >= 4 is 17.6 Å². The van der Waals surface area contributed by atoms with Crippen LogP contribution in [0.4, 0.5) is 5.95 Å². The quantitative estimate of drug-likeness (QED) is 0.305. The van der Waals surface area contributed by atoms with Gasteiger partial charge in [0, 0.05) is 30.4 Å². The fourth-order valence-electron chi connectivity index (χ4n) is 4.56. The van der Waals surface area contributed by atoms with Gasteiger partial charge >= 0.3 is 0 Å². The van der Waals surface area contributed by atoms with Crippen LogP contribution in [-0.2, 0) is 4.74 Å². The Labute approximate surface area is 220 Å². The Morgan fingerprint density at radius 2 is 1.45 bits per heavy atom. The molecule has 1 fully saturated rings. The Hall–Kier alpha value is -5.00. The molecule has 1 saturated heterocycles. The summed E-state index contributed by atoms with van der Waals surface area (Å²) in [4.78, 5) is 2.14. The molecule has 186 valence electrons. The van der Waals surface area contributed by atoms with Crippen LogP contribution in [-0.4, -0.2) is 50.8 Å². The Morgan fingerprint density at radius 1 is 0.816 bits per heavy atom. The highest BCUT2D eigenvalue weighted by atomic mass is 16.5. The molecule has 0 spiro atoms. The smallest absolute Gasteiger partial charge is 0.232 e. The number of rotatable bonds is 6. The Kier molecular flexibility index (Phi) is 6.49. The second-order valence-corrected chi connectivity index (χ2v) is 8.84. The first kappa shape index (κ1) is 23.4. The number of ether oxygens (including phenoxy) is 1. The minimum Gasteiger partial charge on any atom is -0.378 e. The maximum Gasteiger partial charge on any atom is 0.232 e. The van der Waals surface area contributed by atoms with Gasteiger partial charge in [-0.1, -0.05) is 66.7 Å². The highest BCUT2D eigenvalue weighted by molar-refractivity contribution is 5.91. The molecule has 1 aliphatic heterocycles. The van der Waals surface area contributed by atoms with E-state index in [0.717, 1.165) is 28.2 Å². The molecule has 0 bridgehead atoms. The second-order valence-electron chi connectivity index (χ2n) is 8.84. The standard InChI is InChI=1S/C30H25N7O/c31-21-24(29-32-33-30(35-16-18-38-19-17-35)37(29)27-14-8-3-9-15-27)20-25-22-36(26-12-6-2-7-13-26)34-28(25)23-10-4-1-5-11-23/h1-15,20,22H,16-19H2/b24-20-. The second kappa shape index (κ2) is 10.5. The lowest BCUT2D eigenvalue weighted by Gasteiger charge is -2.28. The Bertz CT molecular complexity index is 1590. The fraction of sp³-hybridized carbons (Fsp3) is 0.133. The zero-order chi connectivity index (χ0) is 25.7. The molecule has 0 aliphatic carbocycles. The van der Waals surface area contributed by atoms with Crippen molar-refractivity contribution in [3.63, 3.8) is 0 Å². The number of para-hydroxylation sites is 2. The highest BCUT2D eigenvalue weighted by Gasteiger charge is 2.24. The number of morpholine rings is 1. The average molecular weight is 500 g/mol. The lowest BCUT2D eigenvalue weighted by molar-refractivity contribution is 0.122. The van der Waals surface area contributed by atoms with E-state index < -0.39 is 0 Å². The molecule has 0 saturated carbocycles. The van der Waals surface area contributed by atoms with Crippen LogP contribution >= 0.6 is 0 Å². The van der Waals surface area contributed by atoms with Gasteiger partial charge in [0.15, 0.2) is 5.82 Å². The number of hydrogen-bond donors (Lipinski definition) is 0. The van der Waals surface area contributed by atoms with Gasteiger partial charge in [-0.3, -0.25) is 4.57 Å². The van der Waals surface area contributed by atoms with Gasteiger partial charge in [0.1, 0.15) is 6.07 Å². The molecule has 1 aliphatic rings. The molecule has 0 radical (unpaired) electrons. The predicted octanol–water partition coefficient (Wildman–Crippen LogP) is 5.02. The van der Waals surface area contributed by atoms with E-state index in [2.05, 4.69) is 21.2 Å². The molecule has 6 rings (SSSR count). The molecular formula is C30H25N7O. The predicted molar refractivity (Wildman–Crippen MR) is 147 cm³/mol. The van der Waals surface area contributed by atoms with Crippen molar-refractivity contribution in [1.82, 2.24) is 24.5 Å². The van der Waals surface area contributed by atoms with Gasteiger partial charge in [0.05, 0.1) is 35.9 Å². The molecule has 8 heteroatoms. The van der Waals surface area contributed by atoms with E-state index in [-0.39, 0.29) is 0 Å². The Balaban J connectivity index is 1.51. The summed E-state index contributed by atoms with van der Waals surface area (Å²) >= 11 is 0. The normalized spacial score (nSPS) is 13.9. The zero-order valence-electron chi connectivity index (χ0n) is 20.7. The first-order valence-corrected chi connectivity index (χ1v) is 12.5. The largest absolute Gasteiger partial charge is 0.378 e. The van der Waals surface area contributed by atoms with Gasteiger partial charge in [0.25, 0.3) is 0 Å². The van der Waals surface area contributed by atoms with Gasteiger partial charge < -0.3 is 9.64 Å². The monoisotopic (exact) mass is 499 g/mol. The van der Waals surface area contributed by atoms with Crippen molar-refractivity contribution in [2.75, 3.05) is 31.2 Å². The fourth-order valence-corrected chi connectivity index (χ4v) is 4.56. The van der Waals surface area contributed by atoms with Crippen LogP contribution in [0.1, 0.15) is 11.4 Å². The zero-order valence-corrected chi connectivity index (χ0v) is 20.7. The molecule has 0 atom stereocenters. The molecule has 3 aromatic carbocycles. The lowest BCUT2D eigenvalue weighted by atomic mass is 10.1. The van der Waals surface area contributed by atoms with Crippen LogP contribution in [0, 0.1) is 11.3 Å². The van der Waals surface area contributed by atoms with E-state index in [1.807, 2.05) is 113 Å². The number of nitrogens with zero attached hydrogens (tertiary/aromatic N) is 7. The van der Waals surface area contributed by atoms with Crippen LogP contribution in [0.15, 0.2) is 97.2 Å². The van der Waals surface area contributed by atoms with Crippen molar-refractivity contribution in [3.8, 4) is 28.7 Å². The number of benzene rings is 3. The number of aromatic nitrogens is 5. The molecule has 38 heavy (non-hydrogen) atoms. The molecule has 2 aromatic heterocycles. The summed E-state index contributed by atoms with van der Waals surface area (Å²) in [6, 6.07) is 32.2. The number of hydrogen-bond acceptors (Lipinski definition) is 6. The third kappa shape index (κ3) is 4.59. The minimum absolute atomic E-state index is 0.394. The summed E-state index contributed by atoms with van der Waals surface area (Å²) < 4.78 is 9.33. The van der Waals surface area contributed by atoms with E-state index in [4.69, 9.17) is 9.84 Å². The van der Waals surface area contributed by atoms with E-state index in [9.17, 15) is 5.26 Å². The van der Waals surface area contributed by atoms with Crippen molar-refractivity contribution in [2.24, 2.45) is 0 Å². The van der Waals surface area contributed by atoms with Crippen molar-refractivity contribution in [3.05, 3.63) is 109 Å². The third-order valence-corrected chi connectivity index (χ3v) is 6.43. The summed E-state index contributed by atoms with van der Waals surface area (Å²) in [7, 11) is 0. The molecular weight excluding hydrogens is 474 g/mol. The molecule has 3 heterocycles. The SMILES string of the molecule is N#C/C(=C/c1cn(-c2ccccc2)nc1-c1ccccc1)c1nnc(N2CCOCC2)n1-c1ccccc1. The molecule has 0 amide bonds. The number of allylic oxidation sites excluding steroid dienone is 1. The first-order valence-electron chi connectivity index (χ1n) is 12.5. The minimum atomic E-state index is 0.394.